The van der Waals surface area contributed by atoms with Crippen LogP contribution in [0.3, 0.4) is 0 Å². The van der Waals surface area contributed by atoms with Crippen molar-refractivity contribution in [1.82, 2.24) is 0 Å². The van der Waals surface area contributed by atoms with E-state index in [9.17, 15) is 13.2 Å². The topological polar surface area (TPSA) is 49.7 Å². The summed E-state index contributed by atoms with van der Waals surface area (Å²) in [6.07, 6.45) is -4.80. The van der Waals surface area contributed by atoms with Gasteiger partial charge in [-0.05, 0) is 12.1 Å². The molecule has 2 N–H and O–H groups in total. The summed E-state index contributed by atoms with van der Waals surface area (Å²) < 4.78 is 38.3. The zero-order chi connectivity index (χ0) is 10.1. The second-order valence-corrected chi connectivity index (χ2v) is 2.20. The zero-order valence-electron chi connectivity index (χ0n) is 6.17. The molecule has 0 fully saturated rings. The molecule has 1 rings (SSSR count). The highest BCUT2D eigenvalue weighted by Crippen LogP contribution is 2.31. The number of hydrogen-bond donors (Lipinski definition) is 2. The number of phenols is 2. The number of phenolic OH excluding ortho intramolecular Hbond substituents is 2. The third kappa shape index (κ3) is 2.73. The Morgan fingerprint density at radius 1 is 1.08 bits per heavy atom. The summed E-state index contributed by atoms with van der Waals surface area (Å²) in [4.78, 5) is 0. The lowest BCUT2D eigenvalue weighted by molar-refractivity contribution is -0.274. The lowest BCUT2D eigenvalue weighted by Crippen LogP contribution is -2.16. The smallest absolute Gasteiger partial charge is 0.504 e. The largest absolute Gasteiger partial charge is 0.573 e. The van der Waals surface area contributed by atoms with Crippen LogP contribution >= 0.6 is 0 Å². The molecular formula is C7H5F3O3. The van der Waals surface area contributed by atoms with E-state index in [0.29, 0.717) is 6.07 Å². The van der Waals surface area contributed by atoms with Gasteiger partial charge in [0, 0.05) is 6.07 Å². The highest BCUT2D eigenvalue weighted by molar-refractivity contribution is 5.43. The van der Waals surface area contributed by atoms with Crippen LogP contribution in [-0.4, -0.2) is 16.6 Å². The Kier molecular flexibility index (Phi) is 2.22. The average Bonchev–Trinajstić information content (AvgIpc) is 1.94. The third-order valence-electron chi connectivity index (χ3n) is 1.18. The van der Waals surface area contributed by atoms with Crippen LogP contribution in [0.15, 0.2) is 18.2 Å². The number of ether oxygens (including phenoxy) is 1. The van der Waals surface area contributed by atoms with Crippen molar-refractivity contribution in [3.63, 3.8) is 0 Å². The van der Waals surface area contributed by atoms with E-state index >= 15 is 0 Å². The number of benzene rings is 1. The Bertz CT molecular complexity index is 308. The molecule has 1 aromatic carbocycles. The first kappa shape index (κ1) is 9.50. The first-order chi connectivity index (χ1) is 5.88. The molecule has 0 aliphatic heterocycles. The quantitative estimate of drug-likeness (QED) is 0.672. The van der Waals surface area contributed by atoms with Gasteiger partial charge in [-0.2, -0.15) is 0 Å². The molecule has 0 aliphatic rings. The van der Waals surface area contributed by atoms with E-state index in [0.717, 1.165) is 12.1 Å². The van der Waals surface area contributed by atoms with Crippen molar-refractivity contribution in [1.29, 1.82) is 0 Å². The van der Waals surface area contributed by atoms with Crippen molar-refractivity contribution in [2.75, 3.05) is 0 Å². The van der Waals surface area contributed by atoms with Crippen LogP contribution in [0.5, 0.6) is 17.2 Å². The van der Waals surface area contributed by atoms with Crippen molar-refractivity contribution < 1.29 is 28.1 Å². The molecule has 0 saturated carbocycles. The Balaban J connectivity index is 2.86. The predicted octanol–water partition coefficient (Wildman–Crippen LogP) is 2.00. The molecule has 0 atom stereocenters. The number of hydrogen-bond acceptors (Lipinski definition) is 3. The molecule has 0 aliphatic carbocycles. The highest BCUT2D eigenvalue weighted by atomic mass is 19.4. The van der Waals surface area contributed by atoms with Crippen molar-refractivity contribution >= 4 is 0 Å². The molecule has 0 bridgehead atoms. The number of alkyl halides is 3. The molecule has 0 saturated heterocycles. The molecule has 0 aromatic heterocycles. The predicted molar refractivity (Wildman–Crippen MR) is 36.5 cm³/mol. The van der Waals surface area contributed by atoms with E-state index in [2.05, 4.69) is 4.74 Å². The van der Waals surface area contributed by atoms with Crippen molar-refractivity contribution in [3.8, 4) is 17.2 Å². The van der Waals surface area contributed by atoms with E-state index in [1.54, 1.807) is 0 Å². The van der Waals surface area contributed by atoms with Gasteiger partial charge in [0.25, 0.3) is 0 Å². The second kappa shape index (κ2) is 3.04. The van der Waals surface area contributed by atoms with Gasteiger partial charge in [0.1, 0.15) is 5.75 Å². The van der Waals surface area contributed by atoms with Gasteiger partial charge in [0.05, 0.1) is 0 Å². The summed E-state index contributed by atoms with van der Waals surface area (Å²) >= 11 is 0. The molecule has 0 amide bonds. The van der Waals surface area contributed by atoms with E-state index in [1.165, 1.54) is 0 Å². The summed E-state index contributed by atoms with van der Waals surface area (Å²) in [6.45, 7) is 0. The summed E-state index contributed by atoms with van der Waals surface area (Å²) in [6, 6.07) is 2.46. The van der Waals surface area contributed by atoms with E-state index in [1.807, 2.05) is 0 Å². The SMILES string of the molecule is Oc1ccc(OC(F)(F)F)cc1O. The Hall–Kier alpha value is -1.59. The maximum atomic E-state index is 11.6. The Labute approximate surface area is 71.0 Å². The van der Waals surface area contributed by atoms with Gasteiger partial charge < -0.3 is 14.9 Å². The van der Waals surface area contributed by atoms with Crippen LogP contribution in [0.2, 0.25) is 0 Å². The van der Waals surface area contributed by atoms with E-state index in [4.69, 9.17) is 10.2 Å². The molecule has 1 aromatic rings. The molecule has 3 nitrogen and oxygen atoms in total. The number of halogens is 3. The van der Waals surface area contributed by atoms with E-state index < -0.39 is 23.6 Å². The first-order valence-electron chi connectivity index (χ1n) is 3.16. The van der Waals surface area contributed by atoms with Gasteiger partial charge in [-0.15, -0.1) is 13.2 Å². The minimum Gasteiger partial charge on any atom is -0.504 e. The molecular weight excluding hydrogens is 189 g/mol. The zero-order valence-corrected chi connectivity index (χ0v) is 6.17. The average molecular weight is 194 g/mol. The van der Waals surface area contributed by atoms with Gasteiger partial charge >= 0.3 is 6.36 Å². The van der Waals surface area contributed by atoms with Crippen molar-refractivity contribution in [2.24, 2.45) is 0 Å². The molecule has 0 spiro atoms. The van der Waals surface area contributed by atoms with Crippen LogP contribution in [0.1, 0.15) is 0 Å². The van der Waals surface area contributed by atoms with Crippen molar-refractivity contribution in [3.05, 3.63) is 18.2 Å². The fraction of sp³-hybridized carbons (Fsp3) is 0.143. The normalized spacial score (nSPS) is 11.3. The van der Waals surface area contributed by atoms with Gasteiger partial charge in [0.15, 0.2) is 11.5 Å². The van der Waals surface area contributed by atoms with Crippen LogP contribution in [0.4, 0.5) is 13.2 Å². The maximum absolute atomic E-state index is 11.6. The monoisotopic (exact) mass is 194 g/mol. The fourth-order valence-corrected chi connectivity index (χ4v) is 0.700. The summed E-state index contributed by atoms with van der Waals surface area (Å²) in [5, 5.41) is 17.6. The lowest BCUT2D eigenvalue weighted by Gasteiger charge is -2.08. The fourth-order valence-electron chi connectivity index (χ4n) is 0.700. The highest BCUT2D eigenvalue weighted by Gasteiger charge is 2.31. The van der Waals surface area contributed by atoms with Gasteiger partial charge in [0.2, 0.25) is 0 Å². The summed E-state index contributed by atoms with van der Waals surface area (Å²) in [5.74, 6) is -1.75. The maximum Gasteiger partial charge on any atom is 0.573 e. The van der Waals surface area contributed by atoms with Crippen molar-refractivity contribution in [2.45, 2.75) is 6.36 Å². The molecule has 0 unspecified atom stereocenters. The van der Waals surface area contributed by atoms with Crippen LogP contribution < -0.4 is 4.74 Å². The summed E-state index contributed by atoms with van der Waals surface area (Å²) in [7, 11) is 0. The molecule has 0 radical (unpaired) electrons. The lowest BCUT2D eigenvalue weighted by atomic mass is 10.3. The van der Waals surface area contributed by atoms with Gasteiger partial charge in [-0.1, -0.05) is 0 Å². The number of rotatable bonds is 1. The van der Waals surface area contributed by atoms with Crippen LogP contribution in [0.25, 0.3) is 0 Å². The van der Waals surface area contributed by atoms with Gasteiger partial charge in [-0.3, -0.25) is 0 Å². The molecule has 72 valence electrons. The minimum atomic E-state index is -4.80. The Morgan fingerprint density at radius 2 is 1.69 bits per heavy atom. The summed E-state index contributed by atoms with van der Waals surface area (Å²) in [5.41, 5.74) is 0. The van der Waals surface area contributed by atoms with Crippen LogP contribution in [-0.2, 0) is 0 Å². The van der Waals surface area contributed by atoms with E-state index in [-0.39, 0.29) is 0 Å². The minimum absolute atomic E-state index is 0.505. The van der Waals surface area contributed by atoms with Gasteiger partial charge in [-0.25, -0.2) is 0 Å². The van der Waals surface area contributed by atoms with Crippen LogP contribution in [0, 0.1) is 0 Å². The Morgan fingerprint density at radius 3 is 2.15 bits per heavy atom. The molecule has 6 heteroatoms. The first-order valence-corrected chi connectivity index (χ1v) is 3.16. The second-order valence-electron chi connectivity index (χ2n) is 2.20. The molecule has 13 heavy (non-hydrogen) atoms. The molecule has 0 heterocycles. The number of aromatic hydroxyl groups is 2. The third-order valence-corrected chi connectivity index (χ3v) is 1.18. The standard InChI is InChI=1S/C7H5F3O3/c8-7(9,10)13-4-1-2-5(11)6(12)3-4/h1-3,11-12H.